The lowest BCUT2D eigenvalue weighted by molar-refractivity contribution is 0.415. The van der Waals surface area contributed by atoms with Crippen LogP contribution in [0.2, 0.25) is 0 Å². The first kappa shape index (κ1) is 33.2. The normalized spacial score (nSPS) is 12.2. The Morgan fingerprint density at radius 2 is 0.965 bits per heavy atom. The number of hydrogen-bond donors (Lipinski definition) is 0. The van der Waals surface area contributed by atoms with Crippen LogP contribution in [0.3, 0.4) is 0 Å². The summed E-state index contributed by atoms with van der Waals surface area (Å²) in [7, 11) is 1.73. The number of rotatable bonds is 7. The molecule has 0 atom stereocenters. The van der Waals surface area contributed by atoms with Gasteiger partial charge in [-0.1, -0.05) is 146 Å². The van der Waals surface area contributed by atoms with Gasteiger partial charge in [0.05, 0.1) is 12.8 Å². The second-order valence-electron chi connectivity index (χ2n) is 15.1. The van der Waals surface area contributed by atoms with E-state index in [0.29, 0.717) is 0 Å². The highest BCUT2D eigenvalue weighted by atomic mass is 16.5. The molecule has 0 unspecified atom stereocenters. The van der Waals surface area contributed by atoms with E-state index in [1.807, 2.05) is 0 Å². The monoisotopic (exact) mass is 729 g/mol. The van der Waals surface area contributed by atoms with Crippen LogP contribution in [0.15, 0.2) is 194 Å². The first-order valence-corrected chi connectivity index (χ1v) is 19.8. The molecule has 0 aliphatic heterocycles. The maximum atomic E-state index is 5.63. The lowest BCUT2D eigenvalue weighted by Crippen LogP contribution is -2.11. The lowest BCUT2D eigenvalue weighted by Gasteiger charge is -2.28. The van der Waals surface area contributed by atoms with E-state index in [2.05, 4.69) is 199 Å². The van der Waals surface area contributed by atoms with E-state index in [0.717, 1.165) is 30.0 Å². The smallest absolute Gasteiger partial charge is 0.119 e. The lowest BCUT2D eigenvalue weighted by atomic mass is 9.81. The fraction of sp³-hybridized carbons (Fsp3) is 0.0545. The number of aryl methyl sites for hydroxylation is 2. The molecule has 0 heterocycles. The van der Waals surface area contributed by atoms with Gasteiger partial charge in [0.1, 0.15) is 5.75 Å². The third kappa shape index (κ3) is 5.40. The number of nitrogens with zero attached hydrogens (tertiary/aromatic N) is 1. The SMILES string of the molecule is COc1ccc(N(c2ccc3c(c2)c2ccccc2c2c(-c4ccccc4)cc(-c4ccccc4)c(-c4ccccc4)c32)c2ccc3c4c(cccc24)CC3)cc1. The van der Waals surface area contributed by atoms with Crippen LogP contribution in [-0.4, -0.2) is 7.11 Å². The van der Waals surface area contributed by atoms with Crippen molar-refractivity contribution in [1.29, 1.82) is 0 Å². The van der Waals surface area contributed by atoms with Gasteiger partial charge in [0.15, 0.2) is 0 Å². The van der Waals surface area contributed by atoms with Crippen molar-refractivity contribution < 1.29 is 4.74 Å². The van der Waals surface area contributed by atoms with Gasteiger partial charge < -0.3 is 9.64 Å². The summed E-state index contributed by atoms with van der Waals surface area (Å²) < 4.78 is 5.63. The third-order valence-electron chi connectivity index (χ3n) is 12.0. The molecule has 11 rings (SSSR count). The zero-order valence-corrected chi connectivity index (χ0v) is 31.7. The predicted molar refractivity (Wildman–Crippen MR) is 241 cm³/mol. The predicted octanol–water partition coefficient (Wildman–Crippen LogP) is 14.9. The minimum atomic E-state index is 0.840. The number of benzene rings is 10. The van der Waals surface area contributed by atoms with Crippen LogP contribution >= 0.6 is 0 Å². The Bertz CT molecular complexity index is 3120. The van der Waals surface area contributed by atoms with Crippen molar-refractivity contribution in [1.82, 2.24) is 0 Å². The average Bonchev–Trinajstić information content (AvgIpc) is 3.72. The second-order valence-corrected chi connectivity index (χ2v) is 15.1. The van der Waals surface area contributed by atoms with Crippen LogP contribution in [0.1, 0.15) is 11.1 Å². The largest absolute Gasteiger partial charge is 0.497 e. The van der Waals surface area contributed by atoms with E-state index in [1.165, 1.54) is 93.3 Å². The van der Waals surface area contributed by atoms with Crippen LogP contribution in [0, 0.1) is 0 Å². The molecule has 1 aliphatic carbocycles. The molecule has 57 heavy (non-hydrogen) atoms. The summed E-state index contributed by atoms with van der Waals surface area (Å²) in [6.45, 7) is 0. The van der Waals surface area contributed by atoms with Crippen LogP contribution in [0.4, 0.5) is 17.1 Å². The summed E-state index contributed by atoms with van der Waals surface area (Å²) in [4.78, 5) is 2.44. The van der Waals surface area contributed by atoms with Gasteiger partial charge in [-0.25, -0.2) is 0 Å². The molecule has 270 valence electrons. The maximum absolute atomic E-state index is 5.63. The average molecular weight is 730 g/mol. The summed E-state index contributed by atoms with van der Waals surface area (Å²) in [6, 6.07) is 71.3. The van der Waals surface area contributed by atoms with Crippen molar-refractivity contribution in [3.05, 3.63) is 205 Å². The molecule has 1 aliphatic rings. The summed E-state index contributed by atoms with van der Waals surface area (Å²) in [5.74, 6) is 0.840. The molecular weight excluding hydrogens is 691 g/mol. The molecule has 0 N–H and O–H groups in total. The number of fused-ring (bicyclic) bond motifs is 6. The standard InChI is InChI=1S/C55H39NO/c1-57-43-30-27-41(28-31-43)56(51-33-26-40-25-24-39-20-13-23-47(51)52(39)40)42-29-32-46-50(34-42)44-21-11-12-22-45(44)54-49(37-16-7-3-8-17-37)35-48(36-14-5-2-6-15-36)53(55(46)54)38-18-9-4-10-19-38/h2-23,26-35H,24-25H2,1H3. The summed E-state index contributed by atoms with van der Waals surface area (Å²) in [6.07, 6.45) is 2.18. The van der Waals surface area contributed by atoms with Crippen molar-refractivity contribution >= 4 is 60.2 Å². The van der Waals surface area contributed by atoms with E-state index >= 15 is 0 Å². The maximum Gasteiger partial charge on any atom is 0.119 e. The molecule has 2 heteroatoms. The zero-order valence-electron chi connectivity index (χ0n) is 31.7. The van der Waals surface area contributed by atoms with Gasteiger partial charge in [-0.15, -0.1) is 0 Å². The Morgan fingerprint density at radius 3 is 1.67 bits per heavy atom. The van der Waals surface area contributed by atoms with Crippen molar-refractivity contribution in [3.63, 3.8) is 0 Å². The zero-order chi connectivity index (χ0) is 37.9. The van der Waals surface area contributed by atoms with Gasteiger partial charge >= 0.3 is 0 Å². The second kappa shape index (κ2) is 13.5. The quantitative estimate of drug-likeness (QED) is 0.151. The van der Waals surface area contributed by atoms with Crippen LogP contribution in [0.5, 0.6) is 5.75 Å². The van der Waals surface area contributed by atoms with Gasteiger partial charge in [0.2, 0.25) is 0 Å². The van der Waals surface area contributed by atoms with Gasteiger partial charge in [-0.3, -0.25) is 0 Å². The molecule has 2 nitrogen and oxygen atoms in total. The molecule has 0 saturated heterocycles. The fourth-order valence-electron chi connectivity index (χ4n) is 9.46. The van der Waals surface area contributed by atoms with Gasteiger partial charge in [-0.05, 0) is 144 Å². The Kier molecular flexibility index (Phi) is 7.89. The molecule has 0 spiro atoms. The van der Waals surface area contributed by atoms with Gasteiger partial charge in [-0.2, -0.15) is 0 Å². The number of anilines is 3. The molecule has 0 bridgehead atoms. The number of ether oxygens (including phenoxy) is 1. The Morgan fingerprint density at radius 1 is 0.386 bits per heavy atom. The summed E-state index contributed by atoms with van der Waals surface area (Å²) >= 11 is 0. The topological polar surface area (TPSA) is 12.5 Å². The van der Waals surface area contributed by atoms with Gasteiger partial charge in [0.25, 0.3) is 0 Å². The first-order valence-electron chi connectivity index (χ1n) is 19.8. The summed E-state index contributed by atoms with van der Waals surface area (Å²) in [5, 5.41) is 10.2. The van der Waals surface area contributed by atoms with Crippen LogP contribution in [0.25, 0.3) is 76.5 Å². The molecule has 0 fully saturated rings. The highest BCUT2D eigenvalue weighted by molar-refractivity contribution is 6.33. The molecular formula is C55H39NO. The molecule has 0 radical (unpaired) electrons. The molecule has 10 aromatic rings. The third-order valence-corrected chi connectivity index (χ3v) is 12.0. The molecule has 0 saturated carbocycles. The Labute approximate surface area is 332 Å². The van der Waals surface area contributed by atoms with Gasteiger partial charge in [0, 0.05) is 16.8 Å². The van der Waals surface area contributed by atoms with E-state index in [-0.39, 0.29) is 0 Å². The van der Waals surface area contributed by atoms with Crippen LogP contribution < -0.4 is 9.64 Å². The number of hydrogen-bond acceptors (Lipinski definition) is 2. The first-order chi connectivity index (χ1) is 28.2. The van der Waals surface area contributed by atoms with Crippen molar-refractivity contribution in [2.45, 2.75) is 12.8 Å². The van der Waals surface area contributed by atoms with Crippen molar-refractivity contribution in [3.8, 4) is 39.1 Å². The molecule has 10 aromatic carbocycles. The highest BCUT2D eigenvalue weighted by Crippen LogP contribution is 2.51. The highest BCUT2D eigenvalue weighted by Gasteiger charge is 2.24. The van der Waals surface area contributed by atoms with E-state index in [9.17, 15) is 0 Å². The van der Waals surface area contributed by atoms with Crippen molar-refractivity contribution in [2.24, 2.45) is 0 Å². The van der Waals surface area contributed by atoms with Crippen LogP contribution in [-0.2, 0) is 12.8 Å². The van der Waals surface area contributed by atoms with E-state index in [1.54, 1.807) is 7.11 Å². The summed E-state index contributed by atoms with van der Waals surface area (Å²) in [5.41, 5.74) is 13.6. The van der Waals surface area contributed by atoms with E-state index in [4.69, 9.17) is 4.74 Å². The Balaban J connectivity index is 1.28. The number of methoxy groups -OCH3 is 1. The minimum absolute atomic E-state index is 0.840. The Hall–Kier alpha value is -7.16. The minimum Gasteiger partial charge on any atom is -0.497 e. The van der Waals surface area contributed by atoms with Crippen molar-refractivity contribution in [2.75, 3.05) is 12.0 Å². The molecule has 0 aromatic heterocycles. The molecule has 0 amide bonds. The van der Waals surface area contributed by atoms with E-state index < -0.39 is 0 Å². The fourth-order valence-corrected chi connectivity index (χ4v) is 9.46.